The number of hydrogen-bond donors (Lipinski definition) is 2. The summed E-state index contributed by atoms with van der Waals surface area (Å²) in [6.07, 6.45) is 0. The molecule has 0 radical (unpaired) electrons. The van der Waals surface area contributed by atoms with Gasteiger partial charge in [-0.25, -0.2) is 0 Å². The number of rotatable bonds is 8. The van der Waals surface area contributed by atoms with E-state index in [1.54, 1.807) is 6.07 Å². The minimum atomic E-state index is -0.220. The molecule has 0 saturated heterocycles. The Bertz CT molecular complexity index is 938. The summed E-state index contributed by atoms with van der Waals surface area (Å²) in [6.45, 7) is 5.33. The lowest BCUT2D eigenvalue weighted by molar-refractivity contribution is 0.0946. The molecule has 0 aliphatic heterocycles. The molecule has 6 nitrogen and oxygen atoms in total. The molecule has 7 heteroatoms. The van der Waals surface area contributed by atoms with E-state index in [-0.39, 0.29) is 5.91 Å². The van der Waals surface area contributed by atoms with Gasteiger partial charge in [0, 0.05) is 16.6 Å². The first kappa shape index (κ1) is 19.9. The molecule has 1 aromatic heterocycles. The summed E-state index contributed by atoms with van der Waals surface area (Å²) in [6, 6.07) is 15.1. The summed E-state index contributed by atoms with van der Waals surface area (Å²) < 4.78 is 12.2. The summed E-state index contributed by atoms with van der Waals surface area (Å²) in [4.78, 5) is 12.5. The summed E-state index contributed by atoms with van der Waals surface area (Å²) >= 11 is 3.41. The van der Waals surface area contributed by atoms with E-state index >= 15 is 0 Å². The molecule has 0 spiro atoms. The predicted octanol–water partition coefficient (Wildman–Crippen LogP) is 4.57. The molecule has 3 rings (SSSR count). The first-order chi connectivity index (χ1) is 13.6. The van der Waals surface area contributed by atoms with Crippen molar-refractivity contribution in [3.05, 3.63) is 64.3 Å². The van der Waals surface area contributed by atoms with Gasteiger partial charge in [0.1, 0.15) is 5.69 Å². The number of aromatic amines is 1. The normalized spacial score (nSPS) is 10.5. The third kappa shape index (κ3) is 4.92. The lowest BCUT2D eigenvalue weighted by Gasteiger charge is -2.12. The zero-order chi connectivity index (χ0) is 19.9. The Balaban J connectivity index is 1.65. The minimum Gasteiger partial charge on any atom is -0.490 e. The van der Waals surface area contributed by atoms with E-state index < -0.39 is 0 Å². The van der Waals surface area contributed by atoms with E-state index in [0.717, 1.165) is 21.3 Å². The van der Waals surface area contributed by atoms with Crippen LogP contribution < -0.4 is 14.8 Å². The highest BCUT2D eigenvalue weighted by molar-refractivity contribution is 9.10. The van der Waals surface area contributed by atoms with Gasteiger partial charge in [0.25, 0.3) is 5.91 Å². The van der Waals surface area contributed by atoms with Crippen molar-refractivity contribution in [1.82, 2.24) is 15.5 Å². The molecule has 3 aromatic rings. The van der Waals surface area contributed by atoms with E-state index in [1.807, 2.05) is 56.3 Å². The lowest BCUT2D eigenvalue weighted by atomic mass is 10.1. The molecular formula is C21H22BrN3O3. The van der Waals surface area contributed by atoms with Crippen molar-refractivity contribution in [2.45, 2.75) is 20.4 Å². The number of hydrogen-bond acceptors (Lipinski definition) is 4. The minimum absolute atomic E-state index is 0.220. The molecule has 1 heterocycles. The maximum absolute atomic E-state index is 12.5. The second-order valence-corrected chi connectivity index (χ2v) is 6.92. The van der Waals surface area contributed by atoms with Crippen LogP contribution in [0.25, 0.3) is 11.3 Å². The second-order valence-electron chi connectivity index (χ2n) is 6.00. The van der Waals surface area contributed by atoms with Crippen LogP contribution in [0.15, 0.2) is 53.0 Å². The summed E-state index contributed by atoms with van der Waals surface area (Å²) in [5.41, 5.74) is 2.99. The molecule has 0 aliphatic carbocycles. The van der Waals surface area contributed by atoms with Crippen molar-refractivity contribution in [1.29, 1.82) is 0 Å². The van der Waals surface area contributed by atoms with Crippen LogP contribution in [0, 0.1) is 0 Å². The van der Waals surface area contributed by atoms with E-state index in [0.29, 0.717) is 37.0 Å². The standard InChI is InChI=1S/C21H22BrN3O3/c1-3-27-19-10-5-14(11-20(19)28-4-2)13-23-21(26)18-12-17(24-25-18)15-6-8-16(22)9-7-15/h5-12H,3-4,13H2,1-2H3,(H,23,26)(H,24,25). The fourth-order valence-electron chi connectivity index (χ4n) is 2.69. The molecule has 0 aliphatic rings. The number of carbonyl (C=O) groups excluding carboxylic acids is 1. The number of H-pyrrole nitrogens is 1. The van der Waals surface area contributed by atoms with Crippen LogP contribution in [0.1, 0.15) is 29.9 Å². The molecule has 2 N–H and O–H groups in total. The zero-order valence-electron chi connectivity index (χ0n) is 15.8. The number of nitrogens with one attached hydrogen (secondary N) is 2. The Morgan fingerprint density at radius 1 is 1.04 bits per heavy atom. The average Bonchev–Trinajstić information content (AvgIpc) is 3.19. The molecule has 0 saturated carbocycles. The zero-order valence-corrected chi connectivity index (χ0v) is 17.4. The van der Waals surface area contributed by atoms with Crippen LogP contribution in [-0.4, -0.2) is 29.3 Å². The maximum atomic E-state index is 12.5. The van der Waals surface area contributed by atoms with E-state index in [9.17, 15) is 4.79 Å². The molecule has 28 heavy (non-hydrogen) atoms. The largest absolute Gasteiger partial charge is 0.490 e. The Hall–Kier alpha value is -2.80. The Kier molecular flexibility index (Phi) is 6.71. The molecular weight excluding hydrogens is 422 g/mol. The molecule has 0 fully saturated rings. The number of aromatic nitrogens is 2. The van der Waals surface area contributed by atoms with Crippen LogP contribution in [0.3, 0.4) is 0 Å². The first-order valence-electron chi connectivity index (χ1n) is 9.08. The average molecular weight is 444 g/mol. The van der Waals surface area contributed by atoms with Crippen LogP contribution in [0.4, 0.5) is 0 Å². The second kappa shape index (κ2) is 9.41. The van der Waals surface area contributed by atoms with E-state index in [2.05, 4.69) is 31.4 Å². The lowest BCUT2D eigenvalue weighted by Crippen LogP contribution is -2.23. The van der Waals surface area contributed by atoms with Crippen LogP contribution in [0.2, 0.25) is 0 Å². The van der Waals surface area contributed by atoms with Gasteiger partial charge in [0.2, 0.25) is 0 Å². The quantitative estimate of drug-likeness (QED) is 0.534. The fourth-order valence-corrected chi connectivity index (χ4v) is 2.95. The number of amides is 1. The van der Waals surface area contributed by atoms with E-state index in [1.165, 1.54) is 0 Å². The SMILES string of the molecule is CCOc1ccc(CNC(=O)c2cc(-c3ccc(Br)cc3)n[nH]2)cc1OCC. The van der Waals surface area contributed by atoms with Crippen molar-refractivity contribution in [3.63, 3.8) is 0 Å². The number of ether oxygens (including phenoxy) is 2. The van der Waals surface area contributed by atoms with Gasteiger partial charge in [-0.1, -0.05) is 34.1 Å². The molecule has 146 valence electrons. The van der Waals surface area contributed by atoms with Gasteiger partial charge >= 0.3 is 0 Å². The highest BCUT2D eigenvalue weighted by Gasteiger charge is 2.12. The Morgan fingerprint density at radius 3 is 2.46 bits per heavy atom. The van der Waals surface area contributed by atoms with Gasteiger partial charge in [-0.2, -0.15) is 5.10 Å². The van der Waals surface area contributed by atoms with Crippen molar-refractivity contribution in [2.24, 2.45) is 0 Å². The van der Waals surface area contributed by atoms with Gasteiger partial charge in [-0.3, -0.25) is 9.89 Å². The fraction of sp³-hybridized carbons (Fsp3) is 0.238. The van der Waals surface area contributed by atoms with Crippen molar-refractivity contribution < 1.29 is 14.3 Å². The van der Waals surface area contributed by atoms with Crippen molar-refractivity contribution >= 4 is 21.8 Å². The number of halogens is 1. The van der Waals surface area contributed by atoms with Gasteiger partial charge in [-0.05, 0) is 49.7 Å². The van der Waals surface area contributed by atoms with Gasteiger partial charge in [0.05, 0.1) is 18.9 Å². The van der Waals surface area contributed by atoms with Crippen LogP contribution >= 0.6 is 15.9 Å². The van der Waals surface area contributed by atoms with Gasteiger partial charge < -0.3 is 14.8 Å². The summed E-state index contributed by atoms with van der Waals surface area (Å²) in [5.74, 6) is 1.16. The van der Waals surface area contributed by atoms with E-state index in [4.69, 9.17) is 9.47 Å². The number of nitrogens with zero attached hydrogens (tertiary/aromatic N) is 1. The Labute approximate surface area is 172 Å². The molecule has 1 amide bonds. The number of carbonyl (C=O) groups is 1. The first-order valence-corrected chi connectivity index (χ1v) is 9.88. The third-order valence-corrected chi connectivity index (χ3v) is 4.55. The van der Waals surface area contributed by atoms with Crippen LogP contribution in [-0.2, 0) is 6.54 Å². The Morgan fingerprint density at radius 2 is 1.75 bits per heavy atom. The molecule has 2 aromatic carbocycles. The highest BCUT2D eigenvalue weighted by Crippen LogP contribution is 2.28. The third-order valence-electron chi connectivity index (χ3n) is 4.02. The van der Waals surface area contributed by atoms with Gasteiger partial charge in [-0.15, -0.1) is 0 Å². The monoisotopic (exact) mass is 443 g/mol. The number of benzene rings is 2. The summed E-state index contributed by atoms with van der Waals surface area (Å²) in [5, 5.41) is 9.91. The molecule has 0 unspecified atom stereocenters. The smallest absolute Gasteiger partial charge is 0.269 e. The molecule has 0 bridgehead atoms. The summed E-state index contributed by atoms with van der Waals surface area (Å²) in [7, 11) is 0. The van der Waals surface area contributed by atoms with Crippen molar-refractivity contribution in [3.8, 4) is 22.8 Å². The highest BCUT2D eigenvalue weighted by atomic mass is 79.9. The maximum Gasteiger partial charge on any atom is 0.269 e. The molecule has 0 atom stereocenters. The predicted molar refractivity (Wildman–Crippen MR) is 112 cm³/mol. The topological polar surface area (TPSA) is 76.2 Å². The van der Waals surface area contributed by atoms with Crippen molar-refractivity contribution in [2.75, 3.05) is 13.2 Å². The van der Waals surface area contributed by atoms with Crippen LogP contribution in [0.5, 0.6) is 11.5 Å². The van der Waals surface area contributed by atoms with Gasteiger partial charge in [0.15, 0.2) is 11.5 Å².